The lowest BCUT2D eigenvalue weighted by Gasteiger charge is -2.08. The number of rotatable bonds is 1. The van der Waals surface area contributed by atoms with Crippen molar-refractivity contribution >= 4 is 0 Å². The Labute approximate surface area is 94.7 Å². The first kappa shape index (κ1) is 12.3. The molecule has 0 heterocycles. The summed E-state index contributed by atoms with van der Waals surface area (Å²) in [7, 11) is 0. The molecular formula is C15H24. The minimum absolute atomic E-state index is 0.848. The summed E-state index contributed by atoms with van der Waals surface area (Å²) in [5.74, 6) is 1.79. The fourth-order valence-electron chi connectivity index (χ4n) is 2.24. The van der Waals surface area contributed by atoms with Crippen molar-refractivity contribution in [2.45, 2.75) is 52.4 Å². The average Bonchev–Trinajstić information content (AvgIpc) is 2.67. The van der Waals surface area contributed by atoms with Crippen molar-refractivity contribution in [1.82, 2.24) is 0 Å². The zero-order valence-corrected chi connectivity index (χ0v) is 10.4. The molecule has 1 fully saturated rings. The van der Waals surface area contributed by atoms with Gasteiger partial charge in [-0.15, -0.1) is 0 Å². The van der Waals surface area contributed by atoms with Crippen molar-refractivity contribution in [1.29, 1.82) is 0 Å². The van der Waals surface area contributed by atoms with Gasteiger partial charge in [0, 0.05) is 0 Å². The van der Waals surface area contributed by atoms with Crippen LogP contribution in [0.3, 0.4) is 0 Å². The monoisotopic (exact) mass is 204 g/mol. The summed E-state index contributed by atoms with van der Waals surface area (Å²) in [4.78, 5) is 0. The van der Waals surface area contributed by atoms with E-state index in [2.05, 4.69) is 51.1 Å². The molecule has 0 N–H and O–H groups in total. The van der Waals surface area contributed by atoms with Gasteiger partial charge in [0.15, 0.2) is 0 Å². The lowest BCUT2D eigenvalue weighted by atomic mass is 9.97. The largest absolute Gasteiger partial charge is 0.0656 e. The predicted molar refractivity (Wildman–Crippen MR) is 68.2 cm³/mol. The van der Waals surface area contributed by atoms with Crippen LogP contribution in [0.5, 0.6) is 0 Å². The Morgan fingerprint density at radius 1 is 1.07 bits per heavy atom. The van der Waals surface area contributed by atoms with Gasteiger partial charge < -0.3 is 0 Å². The molecule has 1 aliphatic rings. The Bertz CT molecular complexity index is 250. The molecule has 0 saturated heterocycles. The standard InChI is InChI=1S/C12H16.C3H8/c1-10-7-8-12(9-10)11-5-3-2-4-6-11;1-3-2/h2-6,10,12H,7-9H2,1H3;3H2,1-2H3. The highest BCUT2D eigenvalue weighted by Gasteiger charge is 2.21. The van der Waals surface area contributed by atoms with Gasteiger partial charge in [-0.2, -0.15) is 0 Å². The molecule has 0 bridgehead atoms. The second kappa shape index (κ2) is 6.66. The maximum absolute atomic E-state index is 2.36. The molecule has 15 heavy (non-hydrogen) atoms. The third-order valence-electron chi connectivity index (χ3n) is 2.97. The van der Waals surface area contributed by atoms with Gasteiger partial charge >= 0.3 is 0 Å². The Morgan fingerprint density at radius 3 is 2.13 bits per heavy atom. The molecule has 2 atom stereocenters. The smallest absolute Gasteiger partial charge is 0.0159 e. The molecule has 0 radical (unpaired) electrons. The van der Waals surface area contributed by atoms with Crippen LogP contribution in [0.25, 0.3) is 0 Å². The third-order valence-corrected chi connectivity index (χ3v) is 2.97. The summed E-state index contributed by atoms with van der Waals surface area (Å²) in [6.07, 6.45) is 5.45. The quantitative estimate of drug-likeness (QED) is 0.603. The average molecular weight is 204 g/mol. The molecule has 0 nitrogen and oxygen atoms in total. The van der Waals surface area contributed by atoms with Crippen LogP contribution >= 0.6 is 0 Å². The van der Waals surface area contributed by atoms with E-state index in [4.69, 9.17) is 0 Å². The molecule has 0 aliphatic heterocycles. The van der Waals surface area contributed by atoms with E-state index in [9.17, 15) is 0 Å². The Balaban J connectivity index is 0.000000337. The van der Waals surface area contributed by atoms with Crippen LogP contribution in [0.2, 0.25) is 0 Å². The summed E-state index contributed by atoms with van der Waals surface area (Å²) in [6.45, 7) is 6.61. The number of hydrogen-bond donors (Lipinski definition) is 0. The summed E-state index contributed by atoms with van der Waals surface area (Å²) in [5.41, 5.74) is 1.54. The van der Waals surface area contributed by atoms with Crippen molar-refractivity contribution in [3.8, 4) is 0 Å². The molecule has 2 rings (SSSR count). The topological polar surface area (TPSA) is 0 Å². The maximum Gasteiger partial charge on any atom is -0.0159 e. The van der Waals surface area contributed by atoms with Crippen molar-refractivity contribution in [2.24, 2.45) is 5.92 Å². The first-order valence-electron chi connectivity index (χ1n) is 6.32. The predicted octanol–water partition coefficient (Wildman–Crippen LogP) is 5.01. The van der Waals surface area contributed by atoms with Crippen LogP contribution < -0.4 is 0 Å². The van der Waals surface area contributed by atoms with Gasteiger partial charge in [0.1, 0.15) is 0 Å². The summed E-state index contributed by atoms with van der Waals surface area (Å²) in [5, 5.41) is 0. The van der Waals surface area contributed by atoms with Gasteiger partial charge in [0.05, 0.1) is 0 Å². The van der Waals surface area contributed by atoms with E-state index in [0.717, 1.165) is 11.8 Å². The minimum atomic E-state index is 0.848. The first-order chi connectivity index (χ1) is 7.27. The van der Waals surface area contributed by atoms with Crippen LogP contribution in [0.4, 0.5) is 0 Å². The van der Waals surface area contributed by atoms with E-state index in [0.29, 0.717) is 0 Å². The zero-order chi connectivity index (χ0) is 11.1. The molecule has 1 saturated carbocycles. The molecule has 1 aliphatic carbocycles. The maximum atomic E-state index is 2.36. The SMILES string of the molecule is CC1CCC(c2ccccc2)C1.CCC. The van der Waals surface area contributed by atoms with Gasteiger partial charge in [-0.3, -0.25) is 0 Å². The van der Waals surface area contributed by atoms with Crippen LogP contribution in [-0.4, -0.2) is 0 Å². The van der Waals surface area contributed by atoms with Crippen molar-refractivity contribution < 1.29 is 0 Å². The van der Waals surface area contributed by atoms with Crippen molar-refractivity contribution in [2.75, 3.05) is 0 Å². The summed E-state index contributed by atoms with van der Waals surface area (Å²) < 4.78 is 0. The zero-order valence-electron chi connectivity index (χ0n) is 10.4. The highest BCUT2D eigenvalue weighted by atomic mass is 14.3. The van der Waals surface area contributed by atoms with E-state index in [1.165, 1.54) is 25.7 Å². The van der Waals surface area contributed by atoms with Gasteiger partial charge in [-0.05, 0) is 30.2 Å². The lowest BCUT2D eigenvalue weighted by molar-refractivity contribution is 0.596. The molecule has 0 heteroatoms. The Kier molecular flexibility index (Phi) is 5.45. The van der Waals surface area contributed by atoms with Gasteiger partial charge in [0.2, 0.25) is 0 Å². The van der Waals surface area contributed by atoms with Crippen molar-refractivity contribution in [3.63, 3.8) is 0 Å². The normalized spacial score (nSPS) is 24.5. The van der Waals surface area contributed by atoms with Crippen LogP contribution in [0.15, 0.2) is 30.3 Å². The second-order valence-electron chi connectivity index (χ2n) is 4.73. The van der Waals surface area contributed by atoms with Gasteiger partial charge in [-0.1, -0.05) is 63.9 Å². The van der Waals surface area contributed by atoms with Crippen LogP contribution in [-0.2, 0) is 0 Å². The number of benzene rings is 1. The van der Waals surface area contributed by atoms with E-state index < -0.39 is 0 Å². The molecule has 1 aromatic rings. The van der Waals surface area contributed by atoms with Crippen LogP contribution in [0.1, 0.15) is 57.9 Å². The third kappa shape index (κ3) is 4.07. The van der Waals surface area contributed by atoms with Crippen LogP contribution in [0, 0.1) is 5.92 Å². The molecule has 0 spiro atoms. The second-order valence-corrected chi connectivity index (χ2v) is 4.73. The minimum Gasteiger partial charge on any atom is -0.0656 e. The van der Waals surface area contributed by atoms with E-state index in [1.54, 1.807) is 5.56 Å². The molecule has 2 unspecified atom stereocenters. The Morgan fingerprint density at radius 2 is 1.67 bits per heavy atom. The lowest BCUT2D eigenvalue weighted by Crippen LogP contribution is -1.92. The van der Waals surface area contributed by atoms with E-state index in [1.807, 2.05) is 0 Å². The van der Waals surface area contributed by atoms with E-state index >= 15 is 0 Å². The fourth-order valence-corrected chi connectivity index (χ4v) is 2.24. The highest BCUT2D eigenvalue weighted by Crippen LogP contribution is 2.37. The fraction of sp³-hybridized carbons (Fsp3) is 0.600. The van der Waals surface area contributed by atoms with Crippen molar-refractivity contribution in [3.05, 3.63) is 35.9 Å². The summed E-state index contributed by atoms with van der Waals surface area (Å²) in [6, 6.07) is 10.9. The molecule has 0 aromatic heterocycles. The molecular weight excluding hydrogens is 180 g/mol. The molecule has 0 amide bonds. The summed E-state index contributed by atoms with van der Waals surface area (Å²) >= 11 is 0. The number of hydrogen-bond acceptors (Lipinski definition) is 0. The molecule has 1 aromatic carbocycles. The first-order valence-corrected chi connectivity index (χ1v) is 6.32. The van der Waals surface area contributed by atoms with Gasteiger partial charge in [0.25, 0.3) is 0 Å². The Hall–Kier alpha value is -0.780. The molecule has 84 valence electrons. The van der Waals surface area contributed by atoms with Gasteiger partial charge in [-0.25, -0.2) is 0 Å². The van der Waals surface area contributed by atoms with E-state index in [-0.39, 0.29) is 0 Å². The highest BCUT2D eigenvalue weighted by molar-refractivity contribution is 5.20.